The Morgan fingerprint density at radius 2 is 1.46 bits per heavy atom. The Balaban J connectivity index is 0.00000864. The summed E-state index contributed by atoms with van der Waals surface area (Å²) in [5.74, 6) is -1.14. The molecule has 0 aromatic heterocycles. The van der Waals surface area contributed by atoms with Crippen molar-refractivity contribution in [3.63, 3.8) is 0 Å². The van der Waals surface area contributed by atoms with Gasteiger partial charge in [-0.15, -0.1) is 0 Å². The molecule has 6 rings (SSSR count). The van der Waals surface area contributed by atoms with Gasteiger partial charge in [0.15, 0.2) is 5.71 Å². The molecule has 0 fully saturated rings. The minimum absolute atomic E-state index is 0. The van der Waals surface area contributed by atoms with Gasteiger partial charge in [-0.25, -0.2) is 0 Å². The van der Waals surface area contributed by atoms with Gasteiger partial charge >= 0.3 is 0 Å². The Morgan fingerprint density at radius 3 is 2.07 bits per heavy atom. The Labute approximate surface area is 418 Å². The molecule has 6 N–H and O–H groups in total. The number of ketones is 1. The number of unbranched alkanes of at least 4 members (excludes halogenated alkanes) is 1. The Kier molecular flexibility index (Phi) is 16.8. The number of carbonyl (C=O) groups is 3. The van der Waals surface area contributed by atoms with E-state index in [0.717, 1.165) is 43.7 Å². The maximum absolute atomic E-state index is 13.7. The topological polar surface area (TPSA) is 247 Å². The van der Waals surface area contributed by atoms with Crippen LogP contribution in [-0.4, -0.2) is 97.1 Å². The van der Waals surface area contributed by atoms with Gasteiger partial charge in [-0.2, -0.15) is 21.9 Å². The van der Waals surface area contributed by atoms with Crippen molar-refractivity contribution in [2.75, 3.05) is 23.9 Å². The molecule has 16 nitrogen and oxygen atoms in total. The fourth-order valence-corrected chi connectivity index (χ4v) is 8.52. The molecule has 355 valence electrons. The summed E-state index contributed by atoms with van der Waals surface area (Å²) in [6.07, 6.45) is 4.04. The number of ether oxygens (including phenoxy) is 2. The standard InChI is InChI=1S/C49H54N4O12S2.Na/c1-8-48(4,5)31-16-21-40(38(26-31)49(6,7)9-2)64-23-13-12-22-50-47(57)37-28-41(35-14-10-11-15-36(35)45(37)55)65-33-19-17-32(18-20-33)52-53-44-42(67(61,62)63)25-30-24-34(66(58,59)60)27-39(51-29(3)54)43(30)46(44)56;/h10-11,14-21,24-28,52,55H,8-9,12-13,22-23H2,1-7H3,(H,50,57)(H,51,54)(H,58,59,60)(H,61,62,63);/b53-44-;. The molecule has 0 aliphatic heterocycles. The first-order valence-corrected chi connectivity index (χ1v) is 24.4. The number of benzene rings is 5. The van der Waals surface area contributed by atoms with Crippen LogP contribution in [0.2, 0.25) is 0 Å². The summed E-state index contributed by atoms with van der Waals surface area (Å²) in [4.78, 5) is 37.5. The quantitative estimate of drug-likeness (QED) is 0.0208. The number of nitrogens with zero attached hydrogens (tertiary/aromatic N) is 1. The molecule has 5 aromatic carbocycles. The Hall–Kier alpha value is -5.60. The van der Waals surface area contributed by atoms with Gasteiger partial charge in [-0.05, 0) is 102 Å². The van der Waals surface area contributed by atoms with Crippen molar-refractivity contribution in [2.45, 2.75) is 89.9 Å². The number of Topliss-reactive ketones (excluding diaryl/α,β-unsaturated/α-hetero) is 1. The fraction of sp³-hybridized carbons (Fsp3) is 0.306. The van der Waals surface area contributed by atoms with E-state index in [9.17, 15) is 45.4 Å². The zero-order chi connectivity index (χ0) is 49.1. The van der Waals surface area contributed by atoms with Crippen molar-refractivity contribution in [1.29, 1.82) is 0 Å². The van der Waals surface area contributed by atoms with Crippen LogP contribution in [0.15, 0.2) is 99.8 Å². The smallest absolute Gasteiger partial charge is 0.296 e. The normalized spacial score (nSPS) is 13.6. The maximum Gasteiger partial charge on any atom is 0.296 e. The first-order chi connectivity index (χ1) is 31.4. The minimum Gasteiger partial charge on any atom is -0.506 e. The van der Waals surface area contributed by atoms with Crippen molar-refractivity contribution in [1.82, 2.24) is 5.32 Å². The molecule has 1 radical (unpaired) electrons. The second-order valence-electron chi connectivity index (χ2n) is 17.4. The predicted molar refractivity (Wildman–Crippen MR) is 263 cm³/mol. The minimum atomic E-state index is -5.14. The van der Waals surface area contributed by atoms with E-state index in [-0.39, 0.29) is 85.7 Å². The molecule has 0 spiro atoms. The maximum atomic E-state index is 13.7. The summed E-state index contributed by atoms with van der Waals surface area (Å²) in [6.45, 7) is 15.2. The van der Waals surface area contributed by atoms with E-state index in [4.69, 9.17) is 9.47 Å². The van der Waals surface area contributed by atoms with Gasteiger partial charge in [-0.1, -0.05) is 77.9 Å². The van der Waals surface area contributed by atoms with E-state index in [0.29, 0.717) is 36.8 Å². The van der Waals surface area contributed by atoms with Crippen LogP contribution in [0.3, 0.4) is 0 Å². The number of fused-ring (bicyclic) bond motifs is 2. The van der Waals surface area contributed by atoms with E-state index in [2.05, 4.69) is 80.9 Å². The van der Waals surface area contributed by atoms with Crippen LogP contribution >= 0.6 is 0 Å². The number of amides is 2. The van der Waals surface area contributed by atoms with Gasteiger partial charge in [0.05, 0.1) is 34.0 Å². The number of phenols is 1. The predicted octanol–water partition coefficient (Wildman–Crippen LogP) is 9.02. The molecule has 0 heterocycles. The van der Waals surface area contributed by atoms with Gasteiger partial charge < -0.3 is 25.2 Å². The molecule has 1 aliphatic rings. The van der Waals surface area contributed by atoms with E-state index in [1.165, 1.54) is 41.5 Å². The number of phenolic OH excluding ortho intramolecular Hbond substituents is 1. The van der Waals surface area contributed by atoms with Crippen molar-refractivity contribution >= 4 is 101 Å². The molecule has 0 unspecified atom stereocenters. The second kappa shape index (κ2) is 21.4. The van der Waals surface area contributed by atoms with Crippen LogP contribution in [0.1, 0.15) is 112 Å². The van der Waals surface area contributed by atoms with E-state index in [1.54, 1.807) is 24.3 Å². The summed E-state index contributed by atoms with van der Waals surface area (Å²) in [7, 11) is -10.0. The first kappa shape index (κ1) is 53.4. The summed E-state index contributed by atoms with van der Waals surface area (Å²) < 4.78 is 81.0. The summed E-state index contributed by atoms with van der Waals surface area (Å²) >= 11 is 0. The van der Waals surface area contributed by atoms with Crippen LogP contribution < -0.4 is 25.5 Å². The molecule has 0 saturated carbocycles. The van der Waals surface area contributed by atoms with Gasteiger partial charge in [-0.3, -0.25) is 28.9 Å². The van der Waals surface area contributed by atoms with Crippen LogP contribution in [0.5, 0.6) is 23.0 Å². The summed E-state index contributed by atoms with van der Waals surface area (Å²) in [5.41, 5.74) is 3.36. The number of rotatable bonds is 18. The molecule has 2 amide bonds. The fourth-order valence-electron chi connectivity index (χ4n) is 7.32. The number of hydrogen-bond donors (Lipinski definition) is 6. The van der Waals surface area contributed by atoms with Crippen molar-refractivity contribution in [3.05, 3.63) is 118 Å². The van der Waals surface area contributed by atoms with Crippen LogP contribution in [0.25, 0.3) is 16.8 Å². The number of allylic oxidation sites excluding steroid dienone is 1. The largest absolute Gasteiger partial charge is 0.506 e. The molecule has 19 heteroatoms. The summed E-state index contributed by atoms with van der Waals surface area (Å²) in [6, 6.07) is 22.4. The molecule has 0 saturated heterocycles. The zero-order valence-corrected chi connectivity index (χ0v) is 42.8. The van der Waals surface area contributed by atoms with Crippen molar-refractivity contribution in [3.8, 4) is 23.0 Å². The second-order valence-corrected chi connectivity index (χ2v) is 20.2. The number of hydrazone groups is 1. The van der Waals surface area contributed by atoms with E-state index < -0.39 is 53.3 Å². The molecule has 0 atom stereocenters. The third-order valence-corrected chi connectivity index (χ3v) is 13.7. The van der Waals surface area contributed by atoms with Gasteiger partial charge in [0, 0.05) is 59.4 Å². The van der Waals surface area contributed by atoms with Crippen molar-refractivity contribution < 1.29 is 54.9 Å². The number of anilines is 2. The van der Waals surface area contributed by atoms with E-state index in [1.807, 2.05) is 0 Å². The Morgan fingerprint density at radius 1 is 0.794 bits per heavy atom. The van der Waals surface area contributed by atoms with Crippen LogP contribution in [-0.2, 0) is 35.9 Å². The van der Waals surface area contributed by atoms with Crippen LogP contribution in [0, 0.1) is 0 Å². The van der Waals surface area contributed by atoms with Crippen LogP contribution in [0.4, 0.5) is 11.4 Å². The third kappa shape index (κ3) is 12.2. The van der Waals surface area contributed by atoms with Gasteiger partial charge in [0.2, 0.25) is 11.7 Å². The number of hydrogen-bond acceptors (Lipinski definition) is 12. The molecule has 0 bridgehead atoms. The summed E-state index contributed by atoms with van der Waals surface area (Å²) in [5, 5.41) is 21.3. The van der Waals surface area contributed by atoms with Gasteiger partial charge in [0.1, 0.15) is 27.9 Å². The first-order valence-electron chi connectivity index (χ1n) is 21.5. The SMILES string of the molecule is CCC(C)(C)c1ccc(OCCCCNC(=O)c2cc(Oc3ccc(N/N=C4\C(=O)c5c(cc(S(=O)(=O)O)cc5NC(C)=O)C=C4S(=O)(=O)O)cc3)c3ccccc3c2O)c(C(C)(C)CC)c1.[Na]. The third-order valence-electron chi connectivity index (χ3n) is 12.0. The van der Waals surface area contributed by atoms with E-state index >= 15 is 0 Å². The average molecular weight is 978 g/mol. The average Bonchev–Trinajstić information content (AvgIpc) is 3.27. The molecule has 5 aromatic rings. The monoisotopic (exact) mass is 977 g/mol. The van der Waals surface area contributed by atoms with Gasteiger partial charge in [0.25, 0.3) is 26.1 Å². The molecular weight excluding hydrogens is 924 g/mol. The van der Waals surface area contributed by atoms with Crippen molar-refractivity contribution in [2.24, 2.45) is 5.10 Å². The number of carbonyl (C=O) groups excluding carboxylic acids is 3. The Bertz CT molecular complexity index is 3060. The number of aromatic hydroxyl groups is 1. The molecular formula is C49H54N4NaO12S2. The molecule has 1 aliphatic carbocycles. The number of nitrogens with one attached hydrogen (secondary N) is 3. The zero-order valence-electron chi connectivity index (χ0n) is 39.2. The molecule has 68 heavy (non-hydrogen) atoms.